The van der Waals surface area contributed by atoms with Crippen LogP contribution in [0.4, 0.5) is 0 Å². The van der Waals surface area contributed by atoms with Gasteiger partial charge in [0.2, 0.25) is 0 Å². The summed E-state index contributed by atoms with van der Waals surface area (Å²) in [7, 11) is 0. The van der Waals surface area contributed by atoms with Crippen molar-refractivity contribution in [3.8, 4) is 5.75 Å². The minimum absolute atomic E-state index is 0.340. The summed E-state index contributed by atoms with van der Waals surface area (Å²) in [5.74, 6) is 1.11. The van der Waals surface area contributed by atoms with Crippen LogP contribution in [0, 0.1) is 5.92 Å². The molecule has 1 aromatic rings. The number of hydrogen-bond donors (Lipinski definition) is 2. The SMILES string of the molecule is Oc1cccc(CNCC2CCC(Cl)CC2)c1. The fourth-order valence-electron chi connectivity index (χ4n) is 2.41. The molecule has 2 nitrogen and oxygen atoms in total. The third-order valence-corrected chi connectivity index (χ3v) is 3.89. The molecular formula is C14H20ClNO. The molecule has 1 aliphatic carbocycles. The fraction of sp³-hybridized carbons (Fsp3) is 0.571. The second-order valence-electron chi connectivity index (χ2n) is 4.92. The number of hydrogen-bond acceptors (Lipinski definition) is 2. The van der Waals surface area contributed by atoms with Gasteiger partial charge >= 0.3 is 0 Å². The van der Waals surface area contributed by atoms with Gasteiger partial charge in [-0.15, -0.1) is 11.6 Å². The molecule has 0 saturated heterocycles. The molecule has 0 heterocycles. The predicted molar refractivity (Wildman–Crippen MR) is 71.4 cm³/mol. The number of alkyl halides is 1. The number of benzene rings is 1. The van der Waals surface area contributed by atoms with E-state index in [0.717, 1.165) is 37.4 Å². The Morgan fingerprint density at radius 1 is 1.24 bits per heavy atom. The van der Waals surface area contributed by atoms with E-state index >= 15 is 0 Å². The molecule has 0 aromatic heterocycles. The van der Waals surface area contributed by atoms with Gasteiger partial charge in [-0.25, -0.2) is 0 Å². The Morgan fingerprint density at radius 2 is 2.00 bits per heavy atom. The lowest BCUT2D eigenvalue weighted by atomic mass is 9.89. The molecule has 0 spiro atoms. The molecular weight excluding hydrogens is 234 g/mol. The number of nitrogens with one attached hydrogen (secondary N) is 1. The molecule has 2 N–H and O–H groups in total. The van der Waals surface area contributed by atoms with E-state index in [9.17, 15) is 5.11 Å². The van der Waals surface area contributed by atoms with Crippen LogP contribution in [0.2, 0.25) is 0 Å². The third kappa shape index (κ3) is 4.21. The van der Waals surface area contributed by atoms with E-state index in [1.54, 1.807) is 6.07 Å². The molecule has 0 unspecified atom stereocenters. The first-order valence-electron chi connectivity index (χ1n) is 6.37. The van der Waals surface area contributed by atoms with Crippen LogP contribution >= 0.6 is 11.6 Å². The van der Waals surface area contributed by atoms with E-state index in [2.05, 4.69) is 5.32 Å². The lowest BCUT2D eigenvalue weighted by Crippen LogP contribution is -2.26. The van der Waals surface area contributed by atoms with Gasteiger partial charge < -0.3 is 10.4 Å². The number of aromatic hydroxyl groups is 1. The molecule has 3 heteroatoms. The van der Waals surface area contributed by atoms with E-state index in [4.69, 9.17) is 11.6 Å². The average molecular weight is 254 g/mol. The van der Waals surface area contributed by atoms with E-state index in [1.165, 1.54) is 12.8 Å². The number of rotatable bonds is 4. The maximum Gasteiger partial charge on any atom is 0.115 e. The minimum Gasteiger partial charge on any atom is -0.508 e. The van der Waals surface area contributed by atoms with Gasteiger partial charge in [0.05, 0.1) is 0 Å². The summed E-state index contributed by atoms with van der Waals surface area (Å²) in [5, 5.41) is 13.2. The average Bonchev–Trinajstić information content (AvgIpc) is 2.32. The summed E-state index contributed by atoms with van der Waals surface area (Å²) >= 11 is 6.08. The van der Waals surface area contributed by atoms with Gasteiger partial charge in [0, 0.05) is 11.9 Å². The van der Waals surface area contributed by atoms with Gasteiger partial charge in [-0.3, -0.25) is 0 Å². The van der Waals surface area contributed by atoms with Crippen molar-refractivity contribution in [3.63, 3.8) is 0 Å². The predicted octanol–water partition coefficient (Wildman–Crippen LogP) is 3.28. The summed E-state index contributed by atoms with van der Waals surface area (Å²) in [5.41, 5.74) is 1.14. The highest BCUT2D eigenvalue weighted by Crippen LogP contribution is 2.27. The van der Waals surface area contributed by atoms with Crippen LogP contribution in [0.3, 0.4) is 0 Å². The zero-order valence-corrected chi connectivity index (χ0v) is 10.8. The van der Waals surface area contributed by atoms with Gasteiger partial charge in [-0.05, 0) is 55.8 Å². The van der Waals surface area contributed by atoms with Crippen LogP contribution in [0.25, 0.3) is 0 Å². The number of phenolic OH excluding ortho intramolecular Hbond substituents is 1. The summed E-state index contributed by atoms with van der Waals surface area (Å²) in [6, 6.07) is 7.42. The minimum atomic E-state index is 0.340. The highest BCUT2D eigenvalue weighted by molar-refractivity contribution is 6.20. The van der Waals surface area contributed by atoms with Gasteiger partial charge in [0.15, 0.2) is 0 Å². The molecule has 0 atom stereocenters. The normalized spacial score (nSPS) is 24.8. The van der Waals surface area contributed by atoms with Crippen LogP contribution in [-0.4, -0.2) is 17.0 Å². The molecule has 94 valence electrons. The lowest BCUT2D eigenvalue weighted by Gasteiger charge is -2.25. The van der Waals surface area contributed by atoms with Crippen molar-refractivity contribution in [2.45, 2.75) is 37.6 Å². The highest BCUT2D eigenvalue weighted by atomic mass is 35.5. The molecule has 1 saturated carbocycles. The molecule has 17 heavy (non-hydrogen) atoms. The Labute approximate surface area is 108 Å². The van der Waals surface area contributed by atoms with Crippen molar-refractivity contribution in [1.82, 2.24) is 5.32 Å². The van der Waals surface area contributed by atoms with Crippen LogP contribution in [0.5, 0.6) is 5.75 Å². The maximum atomic E-state index is 9.35. The van der Waals surface area contributed by atoms with Crippen LogP contribution in [-0.2, 0) is 6.54 Å². The Morgan fingerprint density at radius 3 is 2.71 bits per heavy atom. The quantitative estimate of drug-likeness (QED) is 0.808. The number of phenols is 1. The molecule has 1 aliphatic rings. The van der Waals surface area contributed by atoms with Crippen molar-refractivity contribution in [1.29, 1.82) is 0 Å². The van der Waals surface area contributed by atoms with Gasteiger partial charge in [-0.2, -0.15) is 0 Å². The van der Waals surface area contributed by atoms with E-state index in [1.807, 2.05) is 18.2 Å². The molecule has 1 fully saturated rings. The first-order chi connectivity index (χ1) is 8.24. The van der Waals surface area contributed by atoms with Crippen molar-refractivity contribution < 1.29 is 5.11 Å². The van der Waals surface area contributed by atoms with Gasteiger partial charge in [-0.1, -0.05) is 12.1 Å². The second-order valence-corrected chi connectivity index (χ2v) is 5.54. The Hall–Kier alpha value is -0.730. The Bertz CT molecular complexity index is 348. The fourth-order valence-corrected chi connectivity index (χ4v) is 2.66. The van der Waals surface area contributed by atoms with E-state index in [-0.39, 0.29) is 0 Å². The van der Waals surface area contributed by atoms with Gasteiger partial charge in [0.25, 0.3) is 0 Å². The zero-order valence-electron chi connectivity index (χ0n) is 10.0. The van der Waals surface area contributed by atoms with Crippen molar-refractivity contribution >= 4 is 11.6 Å². The summed E-state index contributed by atoms with van der Waals surface area (Å²) in [4.78, 5) is 0. The topological polar surface area (TPSA) is 32.3 Å². The van der Waals surface area contributed by atoms with Crippen molar-refractivity contribution in [2.75, 3.05) is 6.54 Å². The number of halogens is 1. The molecule has 0 amide bonds. The Balaban J connectivity index is 1.69. The highest BCUT2D eigenvalue weighted by Gasteiger charge is 2.18. The van der Waals surface area contributed by atoms with Crippen LogP contribution in [0.15, 0.2) is 24.3 Å². The monoisotopic (exact) mass is 253 g/mol. The Kier molecular flexibility index (Phi) is 4.69. The maximum absolute atomic E-state index is 9.35. The first-order valence-corrected chi connectivity index (χ1v) is 6.80. The third-order valence-electron chi connectivity index (χ3n) is 3.45. The standard InChI is InChI=1S/C14H20ClNO/c15-13-6-4-11(5-7-13)9-16-10-12-2-1-3-14(17)8-12/h1-3,8,11,13,16-17H,4-7,9-10H2. The molecule has 0 bridgehead atoms. The summed E-state index contributed by atoms with van der Waals surface area (Å²) in [6.45, 7) is 1.88. The second kappa shape index (κ2) is 6.27. The molecule has 1 aromatic carbocycles. The smallest absolute Gasteiger partial charge is 0.115 e. The van der Waals surface area contributed by atoms with Gasteiger partial charge in [0.1, 0.15) is 5.75 Å². The van der Waals surface area contributed by atoms with Crippen molar-refractivity contribution in [2.24, 2.45) is 5.92 Å². The van der Waals surface area contributed by atoms with E-state index < -0.39 is 0 Å². The van der Waals surface area contributed by atoms with E-state index in [0.29, 0.717) is 11.1 Å². The van der Waals surface area contributed by atoms with Crippen molar-refractivity contribution in [3.05, 3.63) is 29.8 Å². The van der Waals surface area contributed by atoms with Crippen LogP contribution < -0.4 is 5.32 Å². The molecule has 0 aliphatic heterocycles. The summed E-state index contributed by atoms with van der Waals surface area (Å²) in [6.07, 6.45) is 4.78. The van der Waals surface area contributed by atoms with Crippen LogP contribution in [0.1, 0.15) is 31.2 Å². The molecule has 2 rings (SSSR count). The first kappa shape index (κ1) is 12.7. The summed E-state index contributed by atoms with van der Waals surface area (Å²) < 4.78 is 0. The molecule has 0 radical (unpaired) electrons. The zero-order chi connectivity index (χ0) is 12.1. The largest absolute Gasteiger partial charge is 0.508 e. The lowest BCUT2D eigenvalue weighted by molar-refractivity contribution is 0.345.